The van der Waals surface area contributed by atoms with Gasteiger partial charge in [-0.15, -0.1) is 0 Å². The topological polar surface area (TPSA) is 66.8 Å². The molecule has 0 aromatic heterocycles. The van der Waals surface area contributed by atoms with Crippen LogP contribution >= 0.6 is 0 Å². The first-order valence-electron chi connectivity index (χ1n) is 8.51. The van der Waals surface area contributed by atoms with Crippen LogP contribution in [0.2, 0.25) is 0 Å². The average Bonchev–Trinajstić information content (AvgIpc) is 2.57. The highest BCUT2D eigenvalue weighted by Crippen LogP contribution is 2.02. The highest BCUT2D eigenvalue weighted by molar-refractivity contribution is 5.66. The first-order valence-corrected chi connectivity index (χ1v) is 8.51. The zero-order chi connectivity index (χ0) is 17.9. The van der Waals surface area contributed by atoms with Crippen LogP contribution in [0.25, 0.3) is 0 Å². The molecule has 0 radical (unpaired) electrons. The number of unbranched alkanes of at least 4 members (excludes halogenated alkanes) is 1. The number of hydrogen-bond acceptors (Lipinski definition) is 3. The molecule has 0 aromatic carbocycles. The van der Waals surface area contributed by atoms with Crippen LogP contribution < -0.4 is 0 Å². The smallest absolute Gasteiger partial charge is 0.303 e. The summed E-state index contributed by atoms with van der Waals surface area (Å²) in [5.41, 5.74) is 0. The summed E-state index contributed by atoms with van der Waals surface area (Å²) in [7, 11) is 0. The zero-order valence-corrected chi connectivity index (χ0v) is 14.5. The van der Waals surface area contributed by atoms with Crippen LogP contribution in [-0.4, -0.2) is 22.4 Å². The van der Waals surface area contributed by atoms with Crippen LogP contribution in [0.15, 0.2) is 60.8 Å². The van der Waals surface area contributed by atoms with Crippen molar-refractivity contribution in [1.82, 2.24) is 0 Å². The van der Waals surface area contributed by atoms with Gasteiger partial charge in [-0.2, -0.15) is 0 Å². The standard InChI is InChI=1S/C20H30O4/c1-2-3-4-5-10-13-16-19(24-23)17-14-11-8-6-7-9-12-15-18-20(21)22/h3-4,7-11,13-14,17,19,23H,2,5-6,12,15-16,18H2,1H3,(H,21,22)/b4-3-,9-7-,11-8-,13-10-,17-14+/t19-/m0/s1. The van der Waals surface area contributed by atoms with Gasteiger partial charge in [-0.25, -0.2) is 4.89 Å². The number of carbonyl (C=O) groups is 1. The van der Waals surface area contributed by atoms with Gasteiger partial charge in [0.05, 0.1) is 0 Å². The Hall–Kier alpha value is -1.91. The Labute approximate surface area is 145 Å². The molecule has 0 spiro atoms. The Bertz CT molecular complexity index is 445. The molecule has 0 fully saturated rings. The molecule has 4 heteroatoms. The Balaban J connectivity index is 3.85. The van der Waals surface area contributed by atoms with Gasteiger partial charge in [-0.1, -0.05) is 67.7 Å². The molecule has 134 valence electrons. The van der Waals surface area contributed by atoms with Gasteiger partial charge >= 0.3 is 5.97 Å². The maximum Gasteiger partial charge on any atom is 0.303 e. The van der Waals surface area contributed by atoms with Crippen molar-refractivity contribution < 1.29 is 20.0 Å². The SMILES string of the molecule is CC/C=C\C/C=C\C[C@@H](/C=C/C=C\C/C=C\CCCC(=O)O)OO. The summed E-state index contributed by atoms with van der Waals surface area (Å²) in [5, 5.41) is 17.4. The fraction of sp³-hybridized carbons (Fsp3) is 0.450. The maximum atomic E-state index is 10.3. The average molecular weight is 334 g/mol. The number of aliphatic carboxylic acids is 1. The summed E-state index contributed by atoms with van der Waals surface area (Å²) in [4.78, 5) is 14.8. The second kappa shape index (κ2) is 17.4. The van der Waals surface area contributed by atoms with Crippen LogP contribution in [0.5, 0.6) is 0 Å². The van der Waals surface area contributed by atoms with E-state index >= 15 is 0 Å². The summed E-state index contributed by atoms with van der Waals surface area (Å²) < 4.78 is 0. The van der Waals surface area contributed by atoms with Crippen LogP contribution in [0.4, 0.5) is 0 Å². The zero-order valence-electron chi connectivity index (χ0n) is 14.5. The van der Waals surface area contributed by atoms with Crippen molar-refractivity contribution in [2.45, 2.75) is 58.0 Å². The third-order valence-electron chi connectivity index (χ3n) is 3.12. The Morgan fingerprint density at radius 3 is 2.42 bits per heavy atom. The molecule has 0 saturated carbocycles. The van der Waals surface area contributed by atoms with Gasteiger partial charge in [0.15, 0.2) is 0 Å². The molecule has 1 atom stereocenters. The molecule has 4 nitrogen and oxygen atoms in total. The largest absolute Gasteiger partial charge is 0.481 e. The maximum absolute atomic E-state index is 10.3. The van der Waals surface area contributed by atoms with E-state index in [4.69, 9.17) is 10.4 Å². The number of allylic oxidation sites excluding steroid dienone is 8. The van der Waals surface area contributed by atoms with E-state index in [0.717, 1.165) is 25.7 Å². The van der Waals surface area contributed by atoms with E-state index in [1.54, 1.807) is 6.08 Å². The molecule has 0 bridgehead atoms. The van der Waals surface area contributed by atoms with Gasteiger partial charge in [0.25, 0.3) is 0 Å². The van der Waals surface area contributed by atoms with E-state index in [2.05, 4.69) is 30.0 Å². The van der Waals surface area contributed by atoms with Crippen molar-refractivity contribution in [3.05, 3.63) is 60.8 Å². The molecule has 0 rings (SSSR count). The summed E-state index contributed by atoms with van der Waals surface area (Å²) in [5.74, 6) is -0.749. The number of hydrogen-bond donors (Lipinski definition) is 2. The van der Waals surface area contributed by atoms with Crippen molar-refractivity contribution in [3.8, 4) is 0 Å². The van der Waals surface area contributed by atoms with Crippen LogP contribution in [0, 0.1) is 0 Å². The fourth-order valence-electron chi connectivity index (χ4n) is 1.83. The van der Waals surface area contributed by atoms with Crippen LogP contribution in [0.1, 0.15) is 51.9 Å². The lowest BCUT2D eigenvalue weighted by Crippen LogP contribution is -2.04. The van der Waals surface area contributed by atoms with Gasteiger partial charge in [0.2, 0.25) is 0 Å². The molecule has 24 heavy (non-hydrogen) atoms. The highest BCUT2D eigenvalue weighted by Gasteiger charge is 1.99. The minimum atomic E-state index is -0.749. The summed E-state index contributed by atoms with van der Waals surface area (Å²) in [6.45, 7) is 2.10. The quantitative estimate of drug-likeness (QED) is 0.145. The van der Waals surface area contributed by atoms with Gasteiger partial charge in [0.1, 0.15) is 6.10 Å². The second-order valence-electron chi connectivity index (χ2n) is 5.27. The van der Waals surface area contributed by atoms with Crippen LogP contribution in [0.3, 0.4) is 0 Å². The van der Waals surface area contributed by atoms with Crippen molar-refractivity contribution >= 4 is 5.97 Å². The molecule has 0 aliphatic heterocycles. The Morgan fingerprint density at radius 1 is 1.00 bits per heavy atom. The molecule has 0 aromatic rings. The van der Waals surface area contributed by atoms with E-state index < -0.39 is 5.97 Å². The van der Waals surface area contributed by atoms with Gasteiger partial charge in [-0.05, 0) is 38.5 Å². The van der Waals surface area contributed by atoms with Gasteiger partial charge in [0, 0.05) is 6.42 Å². The lowest BCUT2D eigenvalue weighted by molar-refractivity contribution is -0.264. The van der Waals surface area contributed by atoms with Crippen molar-refractivity contribution in [2.75, 3.05) is 0 Å². The molecule has 0 amide bonds. The molecule has 2 N–H and O–H groups in total. The fourth-order valence-corrected chi connectivity index (χ4v) is 1.83. The molecule has 0 heterocycles. The van der Waals surface area contributed by atoms with E-state index in [1.165, 1.54) is 0 Å². The van der Waals surface area contributed by atoms with Gasteiger partial charge in [-0.3, -0.25) is 10.1 Å². The Kier molecular flexibility index (Phi) is 16.1. The molecular weight excluding hydrogens is 304 g/mol. The van der Waals surface area contributed by atoms with Crippen molar-refractivity contribution in [2.24, 2.45) is 0 Å². The highest BCUT2D eigenvalue weighted by atomic mass is 17.1. The molecule has 0 unspecified atom stereocenters. The minimum absolute atomic E-state index is 0.217. The third-order valence-corrected chi connectivity index (χ3v) is 3.12. The molecular formula is C20H30O4. The summed E-state index contributed by atoms with van der Waals surface area (Å²) >= 11 is 0. The lowest BCUT2D eigenvalue weighted by Gasteiger charge is -2.03. The first-order chi connectivity index (χ1) is 11.7. The normalized spacial score (nSPS) is 14.1. The van der Waals surface area contributed by atoms with Gasteiger partial charge < -0.3 is 5.11 Å². The summed E-state index contributed by atoms with van der Waals surface area (Å²) in [6, 6.07) is 0. The number of carboxylic acids is 1. The van der Waals surface area contributed by atoms with E-state index in [9.17, 15) is 4.79 Å². The van der Waals surface area contributed by atoms with Crippen molar-refractivity contribution in [1.29, 1.82) is 0 Å². The Morgan fingerprint density at radius 2 is 1.71 bits per heavy atom. The van der Waals surface area contributed by atoms with E-state index in [0.29, 0.717) is 12.8 Å². The molecule has 0 saturated heterocycles. The van der Waals surface area contributed by atoms with Crippen molar-refractivity contribution in [3.63, 3.8) is 0 Å². The lowest BCUT2D eigenvalue weighted by atomic mass is 10.2. The molecule has 0 aliphatic carbocycles. The monoisotopic (exact) mass is 334 g/mol. The third kappa shape index (κ3) is 16.5. The minimum Gasteiger partial charge on any atom is -0.481 e. The number of rotatable bonds is 14. The van der Waals surface area contributed by atoms with Crippen LogP contribution in [-0.2, 0) is 9.68 Å². The van der Waals surface area contributed by atoms with E-state index in [1.807, 2.05) is 36.5 Å². The predicted octanol–water partition coefficient (Wildman–Crippen LogP) is 5.46. The summed E-state index contributed by atoms with van der Waals surface area (Å²) in [6.07, 6.45) is 24.5. The molecule has 0 aliphatic rings. The predicted molar refractivity (Wildman–Crippen MR) is 98.8 cm³/mol. The second-order valence-corrected chi connectivity index (χ2v) is 5.27. The first kappa shape index (κ1) is 22.1. The van der Waals surface area contributed by atoms with E-state index in [-0.39, 0.29) is 12.5 Å². The number of carboxylic acid groups (broad SMARTS) is 1.